The van der Waals surface area contributed by atoms with Crippen LogP contribution in [-0.4, -0.2) is 47.7 Å². The highest BCUT2D eigenvalue weighted by Crippen LogP contribution is 2.27. The zero-order valence-corrected chi connectivity index (χ0v) is 20.5. The molecule has 1 aliphatic heterocycles. The number of carbonyl (C=O) groups excluding carboxylic acids is 3. The van der Waals surface area contributed by atoms with Gasteiger partial charge in [-0.1, -0.05) is 44.9 Å². The smallest absolute Gasteiger partial charge is 0.310 e. The molecule has 0 unspecified atom stereocenters. The van der Waals surface area contributed by atoms with E-state index < -0.39 is 18.2 Å². The molecule has 188 valence electrons. The normalized spacial score (nSPS) is 21.3. The molecule has 3 atom stereocenters. The highest BCUT2D eigenvalue weighted by atomic mass is 16.7. The number of ether oxygens (including phenoxy) is 2. The molecule has 1 aliphatic carbocycles. The molecule has 2 N–H and O–H groups in total. The standard InChI is InChI=1S/C27H35N3O5/c1-17(2)21(26(33)30-23-16-25(32)35-27(23)34-19-8-3-4-9-19)15-24(31)29-14-12-18-7-5-11-22-20(18)10-6-13-28-22/h5-7,10-11,13,17,19,21,23,27H,3-4,8-9,12,14-16H2,1-2H3,(H,29,31)(H,30,33)/t21-,23-,27+/m0/s1. The van der Waals surface area contributed by atoms with Gasteiger partial charge in [-0.15, -0.1) is 0 Å². The number of fused-ring (bicyclic) bond motifs is 1. The number of nitrogens with one attached hydrogen (secondary N) is 2. The fourth-order valence-electron chi connectivity index (χ4n) is 4.91. The van der Waals surface area contributed by atoms with E-state index in [4.69, 9.17) is 9.47 Å². The van der Waals surface area contributed by atoms with Crippen molar-refractivity contribution in [1.29, 1.82) is 0 Å². The van der Waals surface area contributed by atoms with Gasteiger partial charge in [0, 0.05) is 30.5 Å². The summed E-state index contributed by atoms with van der Waals surface area (Å²) >= 11 is 0. The van der Waals surface area contributed by atoms with E-state index in [0.29, 0.717) is 13.0 Å². The first-order valence-corrected chi connectivity index (χ1v) is 12.7. The predicted octanol–water partition coefficient (Wildman–Crippen LogP) is 3.27. The topological polar surface area (TPSA) is 107 Å². The number of nitrogens with zero attached hydrogens (tertiary/aromatic N) is 1. The van der Waals surface area contributed by atoms with Gasteiger partial charge in [-0.25, -0.2) is 0 Å². The van der Waals surface area contributed by atoms with Crippen LogP contribution in [-0.2, 0) is 30.3 Å². The Morgan fingerprint density at radius 3 is 2.74 bits per heavy atom. The second kappa shape index (κ2) is 11.6. The summed E-state index contributed by atoms with van der Waals surface area (Å²) in [5.74, 6) is -1.36. The number of hydrogen-bond donors (Lipinski definition) is 2. The van der Waals surface area contributed by atoms with E-state index in [0.717, 1.165) is 42.1 Å². The molecule has 4 rings (SSSR count). The van der Waals surface area contributed by atoms with Gasteiger partial charge in [-0.2, -0.15) is 0 Å². The lowest BCUT2D eigenvalue weighted by Crippen LogP contribution is -2.47. The molecule has 35 heavy (non-hydrogen) atoms. The molecular formula is C27H35N3O5. The average molecular weight is 482 g/mol. The molecular weight excluding hydrogens is 446 g/mol. The van der Waals surface area contributed by atoms with Crippen molar-refractivity contribution in [1.82, 2.24) is 15.6 Å². The Hall–Kier alpha value is -3.00. The van der Waals surface area contributed by atoms with Crippen LogP contribution >= 0.6 is 0 Å². The van der Waals surface area contributed by atoms with E-state index >= 15 is 0 Å². The van der Waals surface area contributed by atoms with Crippen LogP contribution in [0.5, 0.6) is 0 Å². The fraction of sp³-hybridized carbons (Fsp3) is 0.556. The van der Waals surface area contributed by atoms with Crippen LogP contribution in [0.15, 0.2) is 36.5 Å². The summed E-state index contributed by atoms with van der Waals surface area (Å²) in [5.41, 5.74) is 2.05. The molecule has 2 heterocycles. The van der Waals surface area contributed by atoms with Crippen LogP contribution in [0.2, 0.25) is 0 Å². The van der Waals surface area contributed by atoms with Crippen LogP contribution in [0.3, 0.4) is 0 Å². The van der Waals surface area contributed by atoms with Gasteiger partial charge in [-0.3, -0.25) is 19.4 Å². The van der Waals surface area contributed by atoms with Crippen LogP contribution in [0.25, 0.3) is 10.9 Å². The molecule has 1 aromatic heterocycles. The van der Waals surface area contributed by atoms with Gasteiger partial charge in [0.2, 0.25) is 18.1 Å². The molecule has 2 amide bonds. The van der Waals surface area contributed by atoms with Gasteiger partial charge in [0.05, 0.1) is 18.0 Å². The Morgan fingerprint density at radius 2 is 1.97 bits per heavy atom. The summed E-state index contributed by atoms with van der Waals surface area (Å²) in [6, 6.07) is 9.38. The maximum Gasteiger partial charge on any atom is 0.310 e. The number of aromatic nitrogens is 1. The maximum atomic E-state index is 13.1. The highest BCUT2D eigenvalue weighted by Gasteiger charge is 2.40. The quantitative estimate of drug-likeness (QED) is 0.505. The average Bonchev–Trinajstić information content (AvgIpc) is 3.47. The van der Waals surface area contributed by atoms with Crippen molar-refractivity contribution < 1.29 is 23.9 Å². The molecule has 0 bridgehead atoms. The van der Waals surface area contributed by atoms with Crippen molar-refractivity contribution in [3.8, 4) is 0 Å². The summed E-state index contributed by atoms with van der Waals surface area (Å²) in [6.07, 6.45) is 6.00. The van der Waals surface area contributed by atoms with Gasteiger partial charge in [0.1, 0.15) is 6.04 Å². The number of esters is 1. The first kappa shape index (κ1) is 25.1. The van der Waals surface area contributed by atoms with Crippen molar-refractivity contribution in [3.63, 3.8) is 0 Å². The number of cyclic esters (lactones) is 1. The van der Waals surface area contributed by atoms with Gasteiger partial charge in [0.15, 0.2) is 0 Å². The van der Waals surface area contributed by atoms with E-state index in [1.54, 1.807) is 6.20 Å². The molecule has 1 aromatic carbocycles. The van der Waals surface area contributed by atoms with E-state index in [-0.39, 0.29) is 42.6 Å². The molecule has 8 heteroatoms. The number of hydrogen-bond acceptors (Lipinski definition) is 6. The first-order valence-electron chi connectivity index (χ1n) is 12.7. The third-order valence-corrected chi connectivity index (χ3v) is 6.92. The molecule has 0 spiro atoms. The van der Waals surface area contributed by atoms with Crippen LogP contribution in [0, 0.1) is 11.8 Å². The fourth-order valence-corrected chi connectivity index (χ4v) is 4.91. The number of carbonyl (C=O) groups is 3. The molecule has 1 saturated carbocycles. The predicted molar refractivity (Wildman–Crippen MR) is 131 cm³/mol. The summed E-state index contributed by atoms with van der Waals surface area (Å²) < 4.78 is 11.3. The largest absolute Gasteiger partial charge is 0.433 e. The van der Waals surface area contributed by atoms with E-state index in [1.165, 1.54) is 0 Å². The number of rotatable bonds is 10. The zero-order chi connectivity index (χ0) is 24.8. The minimum atomic E-state index is -0.758. The van der Waals surface area contributed by atoms with E-state index in [9.17, 15) is 14.4 Å². The monoisotopic (exact) mass is 481 g/mol. The Bertz CT molecular complexity index is 1040. The molecule has 0 radical (unpaired) electrons. The molecule has 8 nitrogen and oxygen atoms in total. The zero-order valence-electron chi connectivity index (χ0n) is 20.5. The molecule has 1 saturated heterocycles. The maximum absolute atomic E-state index is 13.1. The van der Waals surface area contributed by atoms with Gasteiger partial charge in [-0.05, 0) is 42.9 Å². The van der Waals surface area contributed by atoms with Crippen LogP contribution in [0.4, 0.5) is 0 Å². The Kier molecular flexibility index (Phi) is 8.33. The summed E-state index contributed by atoms with van der Waals surface area (Å²) in [7, 11) is 0. The summed E-state index contributed by atoms with van der Waals surface area (Å²) in [4.78, 5) is 42.0. The number of benzene rings is 1. The summed E-state index contributed by atoms with van der Waals surface area (Å²) in [5, 5.41) is 6.95. The summed E-state index contributed by atoms with van der Waals surface area (Å²) in [6.45, 7) is 4.31. The SMILES string of the molecule is CC(C)[C@H](CC(=O)NCCc1cccc2ncccc12)C(=O)N[C@H]1CC(=O)O[C@H]1OC1CCCC1. The lowest BCUT2D eigenvalue weighted by molar-refractivity contribution is -0.176. The molecule has 2 aromatic rings. The van der Waals surface area contributed by atoms with Crippen molar-refractivity contribution in [3.05, 3.63) is 42.1 Å². The highest BCUT2D eigenvalue weighted by molar-refractivity contribution is 5.87. The Balaban J connectivity index is 1.29. The van der Waals surface area contributed by atoms with E-state index in [1.807, 2.05) is 44.2 Å². The minimum Gasteiger partial charge on any atom is -0.433 e. The lowest BCUT2D eigenvalue weighted by atomic mass is 9.90. The van der Waals surface area contributed by atoms with Crippen molar-refractivity contribution in [2.45, 2.75) is 77.2 Å². The van der Waals surface area contributed by atoms with Crippen molar-refractivity contribution in [2.24, 2.45) is 11.8 Å². The minimum absolute atomic E-state index is 0.0443. The lowest BCUT2D eigenvalue weighted by Gasteiger charge is -2.26. The Labute approximate surface area is 206 Å². The second-order valence-electron chi connectivity index (χ2n) is 9.86. The van der Waals surface area contributed by atoms with Crippen LogP contribution in [0.1, 0.15) is 57.9 Å². The number of pyridine rings is 1. The molecule has 2 fully saturated rings. The Morgan fingerprint density at radius 1 is 1.17 bits per heavy atom. The third kappa shape index (κ3) is 6.57. The van der Waals surface area contributed by atoms with Crippen molar-refractivity contribution in [2.75, 3.05) is 6.54 Å². The van der Waals surface area contributed by atoms with Crippen molar-refractivity contribution >= 4 is 28.7 Å². The third-order valence-electron chi connectivity index (χ3n) is 6.92. The van der Waals surface area contributed by atoms with Crippen LogP contribution < -0.4 is 10.6 Å². The second-order valence-corrected chi connectivity index (χ2v) is 9.86. The van der Waals surface area contributed by atoms with Gasteiger partial charge in [0.25, 0.3) is 0 Å². The van der Waals surface area contributed by atoms with E-state index in [2.05, 4.69) is 15.6 Å². The first-order chi connectivity index (χ1) is 16.9. The van der Waals surface area contributed by atoms with Gasteiger partial charge < -0.3 is 20.1 Å². The molecule has 2 aliphatic rings. The van der Waals surface area contributed by atoms with Gasteiger partial charge >= 0.3 is 5.97 Å². The number of amides is 2.